The molecule has 2 nitrogen and oxygen atoms in total. The van der Waals surface area contributed by atoms with Crippen molar-refractivity contribution in [3.8, 4) is 6.07 Å². The molecule has 0 aliphatic rings. The first-order chi connectivity index (χ1) is 6.51. The Morgan fingerprint density at radius 1 is 1.57 bits per heavy atom. The predicted octanol–water partition coefficient (Wildman–Crippen LogP) is 2.28. The lowest BCUT2D eigenvalue weighted by Crippen LogP contribution is -2.33. The van der Waals surface area contributed by atoms with Crippen LogP contribution in [0, 0.1) is 17.1 Å². The molecule has 0 heterocycles. The van der Waals surface area contributed by atoms with Gasteiger partial charge in [-0.05, 0) is 25.5 Å². The van der Waals surface area contributed by atoms with E-state index in [-0.39, 0.29) is 0 Å². The molecule has 0 amide bonds. The molecular weight excluding hydrogens is 179 g/mol. The van der Waals surface area contributed by atoms with Gasteiger partial charge in [0.2, 0.25) is 0 Å². The zero-order chi connectivity index (χ0) is 10.8. The lowest BCUT2D eigenvalue weighted by Gasteiger charge is -2.23. The van der Waals surface area contributed by atoms with Gasteiger partial charge >= 0.3 is 0 Å². The molecule has 1 atom stereocenters. The topological polar surface area (TPSA) is 49.8 Å². The van der Waals surface area contributed by atoms with E-state index in [4.69, 9.17) is 11.0 Å². The average molecular weight is 192 g/mol. The first-order valence-corrected chi connectivity index (χ1v) is 4.50. The summed E-state index contributed by atoms with van der Waals surface area (Å²) in [5.74, 6) is -0.407. The molecule has 2 N–H and O–H groups in total. The van der Waals surface area contributed by atoms with E-state index in [1.165, 1.54) is 6.07 Å². The molecule has 0 bridgehead atoms. The van der Waals surface area contributed by atoms with Crippen LogP contribution < -0.4 is 5.73 Å². The molecule has 14 heavy (non-hydrogen) atoms. The van der Waals surface area contributed by atoms with E-state index in [1.54, 1.807) is 19.1 Å². The van der Waals surface area contributed by atoms with Crippen molar-refractivity contribution in [2.75, 3.05) is 0 Å². The van der Waals surface area contributed by atoms with Crippen LogP contribution in [0.15, 0.2) is 18.2 Å². The summed E-state index contributed by atoms with van der Waals surface area (Å²) in [5.41, 5.74) is 6.01. The Labute approximate surface area is 83.2 Å². The largest absolute Gasteiger partial charge is 0.322 e. The van der Waals surface area contributed by atoms with E-state index in [0.29, 0.717) is 17.5 Å². The van der Waals surface area contributed by atoms with Gasteiger partial charge in [0.15, 0.2) is 0 Å². The Morgan fingerprint density at radius 3 is 2.64 bits per heavy atom. The third kappa shape index (κ3) is 1.91. The van der Waals surface area contributed by atoms with Gasteiger partial charge in [-0.3, -0.25) is 0 Å². The summed E-state index contributed by atoms with van der Waals surface area (Å²) in [5, 5.41) is 8.57. The molecule has 1 aromatic rings. The maximum absolute atomic E-state index is 13.5. The van der Waals surface area contributed by atoms with Crippen molar-refractivity contribution in [2.45, 2.75) is 25.8 Å². The monoisotopic (exact) mass is 192 g/mol. The molecule has 3 heteroatoms. The smallest absolute Gasteiger partial charge is 0.129 e. The first kappa shape index (κ1) is 10.7. The minimum absolute atomic E-state index is 0.318. The van der Waals surface area contributed by atoms with Gasteiger partial charge in [-0.25, -0.2) is 4.39 Å². The van der Waals surface area contributed by atoms with E-state index in [9.17, 15) is 4.39 Å². The van der Waals surface area contributed by atoms with Gasteiger partial charge in [-0.1, -0.05) is 13.0 Å². The van der Waals surface area contributed by atoms with Crippen LogP contribution in [-0.4, -0.2) is 0 Å². The number of benzene rings is 1. The second-order valence-corrected chi connectivity index (χ2v) is 3.58. The Bertz CT molecular complexity index is 377. The summed E-state index contributed by atoms with van der Waals surface area (Å²) in [7, 11) is 0. The van der Waals surface area contributed by atoms with Gasteiger partial charge in [-0.2, -0.15) is 5.26 Å². The Morgan fingerprint density at radius 2 is 2.21 bits per heavy atom. The molecule has 0 aromatic heterocycles. The van der Waals surface area contributed by atoms with E-state index >= 15 is 0 Å². The maximum Gasteiger partial charge on any atom is 0.129 e. The SMILES string of the molecule is CCC(C)(N)c1ccc(C#N)cc1F. The molecule has 0 saturated carbocycles. The summed E-state index contributed by atoms with van der Waals surface area (Å²) in [4.78, 5) is 0. The third-order valence-electron chi connectivity index (χ3n) is 2.45. The summed E-state index contributed by atoms with van der Waals surface area (Å²) >= 11 is 0. The third-order valence-corrected chi connectivity index (χ3v) is 2.45. The van der Waals surface area contributed by atoms with E-state index in [2.05, 4.69) is 0 Å². The van der Waals surface area contributed by atoms with Crippen molar-refractivity contribution >= 4 is 0 Å². The van der Waals surface area contributed by atoms with Crippen LogP contribution in [0.3, 0.4) is 0 Å². The van der Waals surface area contributed by atoms with Crippen molar-refractivity contribution in [3.63, 3.8) is 0 Å². The molecule has 0 aliphatic carbocycles. The van der Waals surface area contributed by atoms with Crippen LogP contribution in [0.25, 0.3) is 0 Å². The Hall–Kier alpha value is -1.40. The van der Waals surface area contributed by atoms with Crippen LogP contribution in [0.1, 0.15) is 31.4 Å². The second-order valence-electron chi connectivity index (χ2n) is 3.58. The quantitative estimate of drug-likeness (QED) is 0.781. The van der Waals surface area contributed by atoms with Gasteiger partial charge in [0.1, 0.15) is 5.82 Å². The number of nitrogens with zero attached hydrogens (tertiary/aromatic N) is 1. The van der Waals surface area contributed by atoms with Gasteiger partial charge in [0.25, 0.3) is 0 Å². The fourth-order valence-corrected chi connectivity index (χ4v) is 1.24. The van der Waals surface area contributed by atoms with Crippen molar-refractivity contribution in [1.82, 2.24) is 0 Å². The zero-order valence-corrected chi connectivity index (χ0v) is 8.34. The van der Waals surface area contributed by atoms with Gasteiger partial charge < -0.3 is 5.73 Å². The van der Waals surface area contributed by atoms with Crippen LogP contribution in [0.2, 0.25) is 0 Å². The number of rotatable bonds is 2. The van der Waals surface area contributed by atoms with E-state index < -0.39 is 11.4 Å². The summed E-state index contributed by atoms with van der Waals surface area (Å²) in [6.07, 6.45) is 0.649. The molecular formula is C11H13FN2. The summed E-state index contributed by atoms with van der Waals surface area (Å²) in [6.45, 7) is 3.68. The lowest BCUT2D eigenvalue weighted by molar-refractivity contribution is 0.445. The Kier molecular flexibility index (Phi) is 2.87. The normalized spacial score (nSPS) is 14.5. The first-order valence-electron chi connectivity index (χ1n) is 4.50. The van der Waals surface area contributed by atoms with Crippen molar-refractivity contribution < 1.29 is 4.39 Å². The second kappa shape index (κ2) is 3.77. The highest BCUT2D eigenvalue weighted by molar-refractivity contribution is 5.35. The lowest BCUT2D eigenvalue weighted by atomic mass is 9.89. The molecule has 1 unspecified atom stereocenters. The maximum atomic E-state index is 13.5. The molecule has 0 radical (unpaired) electrons. The molecule has 1 rings (SSSR count). The standard InChI is InChI=1S/C11H13FN2/c1-3-11(2,14)9-5-4-8(7-13)6-10(9)12/h4-6H,3,14H2,1-2H3. The van der Waals surface area contributed by atoms with Crippen LogP contribution >= 0.6 is 0 Å². The number of hydrogen-bond donors (Lipinski definition) is 1. The minimum atomic E-state index is -0.669. The van der Waals surface area contributed by atoms with Crippen molar-refractivity contribution in [3.05, 3.63) is 35.1 Å². The fraction of sp³-hybridized carbons (Fsp3) is 0.364. The molecule has 0 spiro atoms. The van der Waals surface area contributed by atoms with Crippen molar-refractivity contribution in [1.29, 1.82) is 5.26 Å². The van der Waals surface area contributed by atoms with Gasteiger partial charge in [0.05, 0.1) is 11.6 Å². The molecule has 0 fully saturated rings. The highest BCUT2D eigenvalue weighted by Crippen LogP contribution is 2.24. The molecule has 1 aromatic carbocycles. The summed E-state index contributed by atoms with van der Waals surface area (Å²) < 4.78 is 13.5. The van der Waals surface area contributed by atoms with Crippen LogP contribution in [-0.2, 0) is 5.54 Å². The number of hydrogen-bond acceptors (Lipinski definition) is 2. The number of halogens is 1. The average Bonchev–Trinajstić information content (AvgIpc) is 2.17. The highest BCUT2D eigenvalue weighted by atomic mass is 19.1. The summed E-state index contributed by atoms with van der Waals surface area (Å²) in [6, 6.07) is 6.27. The van der Waals surface area contributed by atoms with Crippen LogP contribution in [0.5, 0.6) is 0 Å². The van der Waals surface area contributed by atoms with Gasteiger partial charge in [-0.15, -0.1) is 0 Å². The van der Waals surface area contributed by atoms with Crippen LogP contribution in [0.4, 0.5) is 4.39 Å². The van der Waals surface area contributed by atoms with Crippen molar-refractivity contribution in [2.24, 2.45) is 5.73 Å². The predicted molar refractivity (Wildman–Crippen MR) is 52.9 cm³/mol. The zero-order valence-electron chi connectivity index (χ0n) is 8.34. The van der Waals surface area contributed by atoms with E-state index in [1.807, 2.05) is 13.0 Å². The molecule has 0 aliphatic heterocycles. The number of nitrogens with two attached hydrogens (primary N) is 1. The van der Waals surface area contributed by atoms with Gasteiger partial charge in [0, 0.05) is 11.1 Å². The van der Waals surface area contributed by atoms with E-state index in [0.717, 1.165) is 0 Å². The minimum Gasteiger partial charge on any atom is -0.322 e. The Balaban J connectivity index is 3.20. The number of nitriles is 1. The highest BCUT2D eigenvalue weighted by Gasteiger charge is 2.22. The molecule has 74 valence electrons. The molecule has 0 saturated heterocycles. The fourth-order valence-electron chi connectivity index (χ4n) is 1.24.